The number of carbonyl (C=O) groups is 4. The molecule has 0 atom stereocenters. The highest BCUT2D eigenvalue weighted by Gasteiger charge is 2.53. The number of hydrogen-bond donors (Lipinski definition) is 0. The molecule has 0 radical (unpaired) electrons. The summed E-state index contributed by atoms with van der Waals surface area (Å²) in [6.45, 7) is 1.73. The third-order valence-electron chi connectivity index (χ3n) is 4.09. The Hall–Kier alpha value is -3.02. The summed E-state index contributed by atoms with van der Waals surface area (Å²) >= 11 is 0. The maximum absolute atomic E-state index is 12.3. The zero-order valence-corrected chi connectivity index (χ0v) is 12.4. The predicted octanol–water partition coefficient (Wildman–Crippen LogP) is 1.10. The molecule has 0 saturated heterocycles. The van der Waals surface area contributed by atoms with Gasteiger partial charge in [-0.25, -0.2) is 9.80 Å². The minimum Gasteiger partial charge on any atom is -0.269 e. The number of nitrogens with zero attached hydrogens (tertiary/aromatic N) is 2. The lowest BCUT2D eigenvalue weighted by Gasteiger charge is -2.45. The van der Waals surface area contributed by atoms with Crippen LogP contribution in [0.4, 0.5) is 0 Å². The molecule has 0 spiro atoms. The van der Waals surface area contributed by atoms with Gasteiger partial charge in [0.2, 0.25) is 0 Å². The van der Waals surface area contributed by atoms with Crippen molar-refractivity contribution in [2.24, 2.45) is 0 Å². The predicted molar refractivity (Wildman–Crippen MR) is 80.4 cm³/mol. The molecule has 3 rings (SSSR count). The molecule has 0 unspecified atom stereocenters. The number of imide groups is 2. The average molecular weight is 310 g/mol. The van der Waals surface area contributed by atoms with Gasteiger partial charge in [0.1, 0.15) is 0 Å². The van der Waals surface area contributed by atoms with E-state index in [4.69, 9.17) is 0 Å². The Kier molecular flexibility index (Phi) is 3.44. The van der Waals surface area contributed by atoms with Crippen molar-refractivity contribution in [1.29, 1.82) is 0 Å². The second-order valence-corrected chi connectivity index (χ2v) is 5.23. The highest BCUT2D eigenvalue weighted by Crippen LogP contribution is 2.39. The fourth-order valence-electron chi connectivity index (χ4n) is 3.11. The minimum absolute atomic E-state index is 0.190. The maximum atomic E-state index is 12.3. The van der Waals surface area contributed by atoms with Crippen LogP contribution < -0.4 is 0 Å². The molecule has 0 aromatic heterocycles. The summed E-state index contributed by atoms with van der Waals surface area (Å²) in [6, 6.07) is 8.64. The van der Waals surface area contributed by atoms with Gasteiger partial charge < -0.3 is 0 Å². The van der Waals surface area contributed by atoms with Crippen LogP contribution in [0.5, 0.6) is 0 Å². The molecule has 0 aliphatic carbocycles. The summed E-state index contributed by atoms with van der Waals surface area (Å²) in [5.74, 6) is -2.19. The molecule has 0 bridgehead atoms. The monoisotopic (exact) mass is 310 g/mol. The first-order valence-corrected chi connectivity index (χ1v) is 7.20. The van der Waals surface area contributed by atoms with Crippen molar-refractivity contribution in [2.75, 3.05) is 0 Å². The van der Waals surface area contributed by atoms with Crippen molar-refractivity contribution in [1.82, 2.24) is 9.80 Å². The quantitative estimate of drug-likeness (QED) is 0.781. The number of amides is 4. The van der Waals surface area contributed by atoms with Gasteiger partial charge in [0.05, 0.1) is 0 Å². The van der Waals surface area contributed by atoms with Crippen LogP contribution in [0.15, 0.2) is 54.6 Å². The van der Waals surface area contributed by atoms with E-state index in [1.54, 1.807) is 37.3 Å². The van der Waals surface area contributed by atoms with Gasteiger partial charge in [-0.05, 0) is 12.0 Å². The summed E-state index contributed by atoms with van der Waals surface area (Å²) in [5.41, 5.74) is -0.949. The Morgan fingerprint density at radius 1 is 0.739 bits per heavy atom. The van der Waals surface area contributed by atoms with Crippen LogP contribution in [0.25, 0.3) is 0 Å². The molecule has 6 heteroatoms. The van der Waals surface area contributed by atoms with Crippen LogP contribution in [0, 0.1) is 0 Å². The van der Waals surface area contributed by atoms with Crippen molar-refractivity contribution >= 4 is 23.6 Å². The summed E-state index contributed by atoms with van der Waals surface area (Å²) in [7, 11) is 0. The molecule has 23 heavy (non-hydrogen) atoms. The van der Waals surface area contributed by atoms with Gasteiger partial charge in [0, 0.05) is 24.3 Å². The van der Waals surface area contributed by atoms with E-state index in [1.165, 1.54) is 0 Å². The van der Waals surface area contributed by atoms with Crippen LogP contribution in [0.3, 0.4) is 0 Å². The maximum Gasteiger partial charge on any atom is 0.255 e. The molecule has 0 fully saturated rings. The molecular formula is C17H14N2O4. The Bertz CT molecular complexity index is 686. The molecule has 6 nitrogen and oxygen atoms in total. The molecule has 4 amide bonds. The second kappa shape index (κ2) is 5.31. The van der Waals surface area contributed by atoms with Gasteiger partial charge in [0.25, 0.3) is 23.6 Å². The molecule has 116 valence electrons. The Labute approximate surface area is 132 Å². The van der Waals surface area contributed by atoms with Crippen LogP contribution >= 0.6 is 0 Å². The molecule has 1 aromatic carbocycles. The molecule has 0 saturated carbocycles. The average Bonchev–Trinajstić information content (AvgIpc) is 3.07. The first-order chi connectivity index (χ1) is 11.0. The fraction of sp³-hybridized carbons (Fsp3) is 0.176. The van der Waals surface area contributed by atoms with Crippen molar-refractivity contribution in [3.8, 4) is 0 Å². The fourth-order valence-corrected chi connectivity index (χ4v) is 3.11. The van der Waals surface area contributed by atoms with E-state index in [0.29, 0.717) is 5.56 Å². The third-order valence-corrected chi connectivity index (χ3v) is 4.09. The van der Waals surface area contributed by atoms with Gasteiger partial charge in [-0.2, -0.15) is 0 Å². The lowest BCUT2D eigenvalue weighted by molar-refractivity contribution is -0.166. The van der Waals surface area contributed by atoms with Crippen molar-refractivity contribution < 1.29 is 19.2 Å². The van der Waals surface area contributed by atoms with E-state index in [2.05, 4.69) is 0 Å². The smallest absolute Gasteiger partial charge is 0.255 e. The Morgan fingerprint density at radius 3 is 1.48 bits per heavy atom. The van der Waals surface area contributed by atoms with E-state index < -0.39 is 29.3 Å². The largest absolute Gasteiger partial charge is 0.269 e. The number of benzene rings is 1. The van der Waals surface area contributed by atoms with Gasteiger partial charge in [0.15, 0.2) is 5.66 Å². The van der Waals surface area contributed by atoms with Crippen molar-refractivity contribution in [2.45, 2.75) is 19.0 Å². The van der Waals surface area contributed by atoms with Gasteiger partial charge >= 0.3 is 0 Å². The van der Waals surface area contributed by atoms with Gasteiger partial charge in [-0.1, -0.05) is 37.3 Å². The van der Waals surface area contributed by atoms with Crippen LogP contribution in [-0.2, 0) is 24.8 Å². The topological polar surface area (TPSA) is 74.8 Å². The normalized spacial score (nSPS) is 17.8. The SMILES string of the molecule is CCC(c1ccccc1)(N1C(=O)C=CC1=O)N1C(=O)C=CC1=O. The molecule has 2 heterocycles. The minimum atomic E-state index is -1.48. The van der Waals surface area contributed by atoms with Crippen molar-refractivity contribution in [3.05, 3.63) is 60.2 Å². The summed E-state index contributed by atoms with van der Waals surface area (Å²) in [4.78, 5) is 51.1. The van der Waals surface area contributed by atoms with Crippen LogP contribution in [-0.4, -0.2) is 33.4 Å². The second-order valence-electron chi connectivity index (χ2n) is 5.23. The van der Waals surface area contributed by atoms with Crippen LogP contribution in [0.2, 0.25) is 0 Å². The summed E-state index contributed by atoms with van der Waals surface area (Å²) < 4.78 is 0. The summed E-state index contributed by atoms with van der Waals surface area (Å²) in [5, 5.41) is 0. The highest BCUT2D eigenvalue weighted by molar-refractivity contribution is 6.17. The molecule has 0 N–H and O–H groups in total. The van der Waals surface area contributed by atoms with Gasteiger partial charge in [-0.15, -0.1) is 0 Å². The number of carbonyl (C=O) groups excluding carboxylic acids is 4. The van der Waals surface area contributed by atoms with E-state index in [0.717, 1.165) is 34.1 Å². The van der Waals surface area contributed by atoms with Gasteiger partial charge in [-0.3, -0.25) is 19.2 Å². The zero-order chi connectivity index (χ0) is 16.6. The molecule has 2 aliphatic heterocycles. The lowest BCUT2D eigenvalue weighted by atomic mass is 9.92. The third kappa shape index (κ3) is 2.03. The first-order valence-electron chi connectivity index (χ1n) is 7.20. The Morgan fingerprint density at radius 2 is 1.13 bits per heavy atom. The van der Waals surface area contributed by atoms with Crippen LogP contribution in [0.1, 0.15) is 18.9 Å². The molecular weight excluding hydrogens is 296 g/mol. The van der Waals surface area contributed by atoms with E-state index in [-0.39, 0.29) is 6.42 Å². The standard InChI is InChI=1S/C17H14N2O4/c1-2-17(12-6-4-3-5-7-12,18-13(20)8-9-14(18)21)19-15(22)10-11-16(19)23/h3-11H,2H2,1H3. The number of rotatable bonds is 4. The first kappa shape index (κ1) is 14.9. The van der Waals surface area contributed by atoms with E-state index >= 15 is 0 Å². The lowest BCUT2D eigenvalue weighted by Crippen LogP contribution is -2.61. The van der Waals surface area contributed by atoms with E-state index in [1.807, 2.05) is 0 Å². The zero-order valence-electron chi connectivity index (χ0n) is 12.4. The number of hydrogen-bond acceptors (Lipinski definition) is 4. The molecule has 1 aromatic rings. The highest BCUT2D eigenvalue weighted by atomic mass is 16.2. The summed E-state index contributed by atoms with van der Waals surface area (Å²) in [6.07, 6.45) is 4.78. The molecule has 2 aliphatic rings. The van der Waals surface area contributed by atoms with E-state index in [9.17, 15) is 19.2 Å². The Balaban J connectivity index is 2.25. The van der Waals surface area contributed by atoms with Crippen molar-refractivity contribution in [3.63, 3.8) is 0 Å².